The molecule has 4 aromatic carbocycles. The van der Waals surface area contributed by atoms with Gasteiger partial charge in [0.2, 0.25) is 0 Å². The largest absolute Gasteiger partial charge is 0.508 e. The zero-order valence-corrected chi connectivity index (χ0v) is 27.3. The number of phenolic OH excluding ortho intramolecular Hbond substituents is 2. The van der Waals surface area contributed by atoms with Gasteiger partial charge in [-0.05, 0) is 72.8 Å². The average Bonchev–Trinajstić information content (AvgIpc) is 2.97. The molecule has 0 fully saturated rings. The number of benzene rings is 4. The van der Waals surface area contributed by atoms with Crippen LogP contribution in [0.5, 0.6) is 11.5 Å². The number of anilines is 4. The summed E-state index contributed by atoms with van der Waals surface area (Å²) in [6.45, 7) is 0. The van der Waals surface area contributed by atoms with Gasteiger partial charge in [0.25, 0.3) is 0 Å². The molecule has 0 bridgehead atoms. The first kappa shape index (κ1) is 31.3. The van der Waals surface area contributed by atoms with Crippen molar-refractivity contribution in [3.63, 3.8) is 0 Å². The van der Waals surface area contributed by atoms with E-state index in [4.69, 9.17) is 23.2 Å². The molecule has 0 amide bonds. The molecule has 0 aliphatic heterocycles. The van der Waals surface area contributed by atoms with E-state index in [0.29, 0.717) is 27.1 Å². The third kappa shape index (κ3) is 7.89. The quantitative estimate of drug-likeness (QED) is 0.141. The molecule has 0 aliphatic rings. The number of hydrogen-bond donors (Lipinski definition) is 4. The number of fused-ring (bicyclic) bond motifs is 2. The van der Waals surface area contributed by atoms with E-state index in [2.05, 4.69) is 40.9 Å². The average molecular weight is 711 g/mol. The summed E-state index contributed by atoms with van der Waals surface area (Å²) in [7, 11) is -2.25. The van der Waals surface area contributed by atoms with E-state index in [1.54, 1.807) is 61.3 Å². The number of nitrogens with zero attached hydrogens (tertiary/aromatic N) is 3. The van der Waals surface area contributed by atoms with Gasteiger partial charge in [-0.15, -0.1) is 0 Å². The minimum atomic E-state index is -2.25. The van der Waals surface area contributed by atoms with Crippen molar-refractivity contribution in [3.05, 3.63) is 112 Å². The van der Waals surface area contributed by atoms with Gasteiger partial charge in [0, 0.05) is 73.4 Å². The van der Waals surface area contributed by atoms with Gasteiger partial charge in [-0.1, -0.05) is 39.1 Å². The van der Waals surface area contributed by atoms with Crippen LogP contribution in [0.4, 0.5) is 28.4 Å². The lowest BCUT2D eigenvalue weighted by molar-refractivity contribution is 0.475. The minimum absolute atomic E-state index is 0.118. The Balaban J connectivity index is 0.000000177. The molecule has 0 saturated heterocycles. The van der Waals surface area contributed by atoms with E-state index in [1.807, 2.05) is 42.5 Å². The van der Waals surface area contributed by atoms with Crippen LogP contribution in [0.15, 0.2) is 106 Å². The Hall–Kier alpha value is -4.09. The summed E-state index contributed by atoms with van der Waals surface area (Å²) in [6, 6.07) is 24.5. The smallest absolute Gasteiger partial charge is 0.117 e. The Kier molecular flexibility index (Phi) is 9.45. The van der Waals surface area contributed by atoms with E-state index < -0.39 is 9.73 Å². The third-order valence-electron chi connectivity index (χ3n) is 6.19. The number of nitrogens with one attached hydrogen (secondary N) is 2. The molecule has 0 spiro atoms. The summed E-state index contributed by atoms with van der Waals surface area (Å²) in [4.78, 5) is 8.65. The Labute approximate surface area is 273 Å². The van der Waals surface area contributed by atoms with Crippen molar-refractivity contribution in [2.45, 2.75) is 0 Å². The Bertz CT molecular complexity index is 2130. The van der Waals surface area contributed by atoms with Crippen molar-refractivity contribution in [1.82, 2.24) is 9.97 Å². The maximum Gasteiger partial charge on any atom is 0.117 e. The Morgan fingerprint density at radius 3 is 1.70 bits per heavy atom. The van der Waals surface area contributed by atoms with E-state index in [1.165, 1.54) is 6.07 Å². The van der Waals surface area contributed by atoms with Crippen molar-refractivity contribution in [2.75, 3.05) is 23.1 Å². The SMILES string of the molecule is CS(C)(=O)=Nc1ccc2nccc(Nc3cc(O)ccc3Cl)c2c1.Oc1ccc(Cl)c(Nc2ccnc3ccc(Br)cc23)c1. The van der Waals surface area contributed by atoms with E-state index >= 15 is 0 Å². The summed E-state index contributed by atoms with van der Waals surface area (Å²) in [5, 5.41) is 28.5. The molecule has 2 aromatic heterocycles. The molecule has 0 radical (unpaired) electrons. The number of aromatic hydroxyl groups is 2. The van der Waals surface area contributed by atoms with Gasteiger partial charge < -0.3 is 20.8 Å². The summed E-state index contributed by atoms with van der Waals surface area (Å²) >= 11 is 15.8. The van der Waals surface area contributed by atoms with Crippen molar-refractivity contribution in [2.24, 2.45) is 4.36 Å². The van der Waals surface area contributed by atoms with Gasteiger partial charge in [-0.25, -0.2) is 4.21 Å². The highest BCUT2D eigenvalue weighted by Gasteiger charge is 2.09. The highest BCUT2D eigenvalue weighted by atomic mass is 79.9. The van der Waals surface area contributed by atoms with Gasteiger partial charge in [-0.3, -0.25) is 9.97 Å². The van der Waals surface area contributed by atoms with Crippen molar-refractivity contribution in [3.8, 4) is 11.5 Å². The molecule has 0 aliphatic carbocycles. The van der Waals surface area contributed by atoms with Crippen LogP contribution >= 0.6 is 39.1 Å². The highest BCUT2D eigenvalue weighted by Crippen LogP contribution is 2.34. The zero-order valence-electron chi connectivity index (χ0n) is 23.4. The van der Waals surface area contributed by atoms with Crippen LogP contribution in [0.3, 0.4) is 0 Å². The molecular formula is C32H26BrCl2N5O3S. The van der Waals surface area contributed by atoms with Crippen LogP contribution in [-0.2, 0) is 9.73 Å². The molecule has 44 heavy (non-hydrogen) atoms. The number of hydrogen-bond acceptors (Lipinski definition) is 8. The number of pyridine rings is 2. The predicted octanol–water partition coefficient (Wildman–Crippen LogP) is 9.80. The van der Waals surface area contributed by atoms with Gasteiger partial charge in [-0.2, -0.15) is 4.36 Å². The van der Waals surface area contributed by atoms with E-state index in [0.717, 1.165) is 37.7 Å². The van der Waals surface area contributed by atoms with Crippen LogP contribution in [0.1, 0.15) is 0 Å². The summed E-state index contributed by atoms with van der Waals surface area (Å²) < 4.78 is 17.1. The molecule has 6 rings (SSSR count). The molecule has 0 unspecified atom stereocenters. The van der Waals surface area contributed by atoms with Gasteiger partial charge in [0.1, 0.15) is 11.5 Å². The second kappa shape index (κ2) is 13.3. The molecule has 12 heteroatoms. The highest BCUT2D eigenvalue weighted by molar-refractivity contribution is 9.10. The lowest BCUT2D eigenvalue weighted by Crippen LogP contribution is -1.94. The number of halogens is 3. The van der Waals surface area contributed by atoms with Gasteiger partial charge >= 0.3 is 0 Å². The topological polar surface area (TPSA) is 120 Å². The number of phenols is 2. The standard InChI is InChI=1S/C17H16ClN3O2S.C15H10BrClN2O/c1-24(2,23)21-11-3-6-15-13(9-11)16(7-8-19-15)20-17-10-12(22)4-5-14(17)18;16-9-1-4-13-11(7-9)14(5-6-18-13)19-15-8-10(20)2-3-12(15)17/h3-10,22H,1-2H3,(H,19,20);1-8,20H,(H,18,19). The second-order valence-electron chi connectivity index (χ2n) is 9.93. The second-order valence-corrected chi connectivity index (χ2v) is 14.2. The van der Waals surface area contributed by atoms with Gasteiger partial charge in [0.15, 0.2) is 0 Å². The fourth-order valence-electron chi connectivity index (χ4n) is 4.29. The van der Waals surface area contributed by atoms with Crippen molar-refractivity contribution < 1.29 is 14.4 Å². The molecule has 224 valence electrons. The lowest BCUT2D eigenvalue weighted by atomic mass is 10.1. The molecule has 0 atom stereocenters. The molecule has 4 N–H and O–H groups in total. The Morgan fingerprint density at radius 2 is 1.18 bits per heavy atom. The number of rotatable bonds is 5. The maximum absolute atomic E-state index is 11.9. The predicted molar refractivity (Wildman–Crippen MR) is 186 cm³/mol. The minimum Gasteiger partial charge on any atom is -0.508 e. The first-order chi connectivity index (χ1) is 20.9. The lowest BCUT2D eigenvalue weighted by Gasteiger charge is -2.11. The normalized spacial score (nSPS) is 11.1. The molecule has 2 heterocycles. The summed E-state index contributed by atoms with van der Waals surface area (Å²) in [5.74, 6) is 0.282. The molecule has 0 saturated carbocycles. The van der Waals surface area contributed by atoms with Crippen molar-refractivity contribution in [1.29, 1.82) is 0 Å². The summed E-state index contributed by atoms with van der Waals surface area (Å²) in [6.07, 6.45) is 6.59. The first-order valence-corrected chi connectivity index (χ1v) is 16.9. The van der Waals surface area contributed by atoms with Crippen molar-refractivity contribution >= 4 is 99.1 Å². The van der Waals surface area contributed by atoms with Crippen LogP contribution in [0.2, 0.25) is 10.0 Å². The fraction of sp³-hybridized carbons (Fsp3) is 0.0625. The third-order valence-corrected chi connectivity index (χ3v) is 8.00. The van der Waals surface area contributed by atoms with E-state index in [9.17, 15) is 14.4 Å². The Morgan fingerprint density at radius 1 is 0.682 bits per heavy atom. The number of aromatic nitrogens is 2. The molecular weight excluding hydrogens is 685 g/mol. The van der Waals surface area contributed by atoms with Crippen LogP contribution < -0.4 is 10.6 Å². The zero-order chi connectivity index (χ0) is 31.4. The molecule has 8 nitrogen and oxygen atoms in total. The first-order valence-electron chi connectivity index (χ1n) is 13.1. The summed E-state index contributed by atoms with van der Waals surface area (Å²) in [5.41, 5.74) is 5.16. The molecule has 6 aromatic rings. The van der Waals surface area contributed by atoms with Gasteiger partial charge in [0.05, 0.1) is 38.1 Å². The van der Waals surface area contributed by atoms with Crippen LogP contribution in [0, 0.1) is 0 Å². The van der Waals surface area contributed by atoms with E-state index in [-0.39, 0.29) is 11.5 Å². The maximum atomic E-state index is 11.9. The van der Waals surface area contributed by atoms with Crippen LogP contribution in [-0.4, -0.2) is 36.9 Å². The fourth-order valence-corrected chi connectivity index (χ4v) is 5.60. The monoisotopic (exact) mass is 709 g/mol. The van der Waals surface area contributed by atoms with Crippen LogP contribution in [0.25, 0.3) is 21.8 Å².